The van der Waals surface area contributed by atoms with Gasteiger partial charge in [-0.15, -0.1) is 0 Å². The van der Waals surface area contributed by atoms with Crippen molar-refractivity contribution in [1.29, 1.82) is 0 Å². The average Bonchev–Trinajstić information content (AvgIpc) is 2.46. The van der Waals surface area contributed by atoms with Gasteiger partial charge in [0.1, 0.15) is 11.1 Å². The van der Waals surface area contributed by atoms with Gasteiger partial charge in [0, 0.05) is 18.2 Å². The Balaban J connectivity index is 2.32. The summed E-state index contributed by atoms with van der Waals surface area (Å²) in [6.45, 7) is 0.326. The van der Waals surface area contributed by atoms with Crippen molar-refractivity contribution >= 4 is 29.2 Å². The molecule has 1 aromatic rings. The largest absolute Gasteiger partial charge is 0.480 e. The third-order valence-electron chi connectivity index (χ3n) is 3.44. The zero-order chi connectivity index (χ0) is 15.6. The Morgan fingerprint density at radius 2 is 2.10 bits per heavy atom. The number of likely N-dealkylation sites (tertiary alicyclic amines) is 1. The summed E-state index contributed by atoms with van der Waals surface area (Å²) in [6.07, 6.45) is 1.84. The lowest BCUT2D eigenvalue weighted by atomic mass is 10.0. The molecule has 2 rings (SSSR count). The zero-order valence-electron chi connectivity index (χ0n) is 11.0. The summed E-state index contributed by atoms with van der Waals surface area (Å²) in [4.78, 5) is 35.0. The number of nitro benzene ring substituents is 1. The minimum Gasteiger partial charge on any atom is -0.480 e. The Kier molecular flexibility index (Phi) is 4.42. The summed E-state index contributed by atoms with van der Waals surface area (Å²) in [5.41, 5.74) is -0.300. The van der Waals surface area contributed by atoms with E-state index in [4.69, 9.17) is 16.7 Å². The number of carboxylic acid groups (broad SMARTS) is 1. The number of benzene rings is 1. The summed E-state index contributed by atoms with van der Waals surface area (Å²) in [6, 6.07) is 2.83. The normalized spacial score (nSPS) is 18.3. The van der Waals surface area contributed by atoms with Gasteiger partial charge >= 0.3 is 5.97 Å². The maximum atomic E-state index is 12.4. The van der Waals surface area contributed by atoms with E-state index in [1.165, 1.54) is 17.0 Å². The molecular weight excluding hydrogens is 300 g/mol. The molecule has 0 radical (unpaired) electrons. The van der Waals surface area contributed by atoms with Crippen LogP contribution in [0.15, 0.2) is 18.2 Å². The Bertz CT molecular complexity index is 604. The lowest BCUT2D eigenvalue weighted by molar-refractivity contribution is -0.384. The Labute approximate surface area is 125 Å². The standard InChI is InChI=1S/C13H13ClN2O5/c14-9-5-4-8(7-11(9)16(20)21)12(17)15-6-2-1-3-10(15)13(18)19/h4-5,7,10H,1-3,6H2,(H,18,19)/t10-/m1/s1. The molecule has 0 unspecified atom stereocenters. The Hall–Kier alpha value is -2.15. The number of nitro groups is 1. The van der Waals surface area contributed by atoms with Crippen molar-refractivity contribution < 1.29 is 19.6 Å². The minimum atomic E-state index is -1.06. The van der Waals surface area contributed by atoms with Crippen LogP contribution in [0.25, 0.3) is 0 Å². The maximum Gasteiger partial charge on any atom is 0.326 e. The predicted molar refractivity (Wildman–Crippen MR) is 74.4 cm³/mol. The highest BCUT2D eigenvalue weighted by Gasteiger charge is 2.33. The first-order chi connectivity index (χ1) is 9.91. The van der Waals surface area contributed by atoms with Gasteiger partial charge in [-0.05, 0) is 31.4 Å². The lowest BCUT2D eigenvalue weighted by Gasteiger charge is -2.32. The van der Waals surface area contributed by atoms with Crippen LogP contribution in [-0.4, -0.2) is 39.4 Å². The van der Waals surface area contributed by atoms with E-state index in [2.05, 4.69) is 0 Å². The molecule has 8 heteroatoms. The van der Waals surface area contributed by atoms with Crippen LogP contribution < -0.4 is 0 Å². The SMILES string of the molecule is O=C(O)[C@H]1CCCCN1C(=O)c1ccc(Cl)c([N+](=O)[O-])c1. The molecule has 21 heavy (non-hydrogen) atoms. The quantitative estimate of drug-likeness (QED) is 0.682. The molecule has 1 atom stereocenters. The number of carboxylic acids is 1. The Morgan fingerprint density at radius 3 is 2.71 bits per heavy atom. The number of hydrogen-bond acceptors (Lipinski definition) is 4. The molecule has 1 heterocycles. The van der Waals surface area contributed by atoms with Crippen molar-refractivity contribution in [1.82, 2.24) is 4.90 Å². The first-order valence-corrected chi connectivity index (χ1v) is 6.77. The van der Waals surface area contributed by atoms with E-state index in [1.807, 2.05) is 0 Å². The summed E-state index contributed by atoms with van der Waals surface area (Å²) in [5.74, 6) is -1.59. The molecule has 112 valence electrons. The number of carbonyl (C=O) groups is 2. The molecule has 1 aliphatic heterocycles. The van der Waals surface area contributed by atoms with Crippen molar-refractivity contribution in [3.05, 3.63) is 38.9 Å². The number of carbonyl (C=O) groups excluding carboxylic acids is 1. The highest BCUT2D eigenvalue weighted by atomic mass is 35.5. The van der Waals surface area contributed by atoms with Gasteiger partial charge in [-0.2, -0.15) is 0 Å². The van der Waals surface area contributed by atoms with Gasteiger partial charge in [0.05, 0.1) is 4.92 Å². The number of rotatable bonds is 3. The molecule has 0 aromatic heterocycles. The maximum absolute atomic E-state index is 12.4. The fraction of sp³-hybridized carbons (Fsp3) is 0.385. The summed E-state index contributed by atoms with van der Waals surface area (Å²) >= 11 is 5.70. The van der Waals surface area contributed by atoms with Crippen LogP contribution >= 0.6 is 11.6 Å². The third-order valence-corrected chi connectivity index (χ3v) is 3.76. The van der Waals surface area contributed by atoms with E-state index in [-0.39, 0.29) is 16.3 Å². The number of nitrogens with zero attached hydrogens (tertiary/aromatic N) is 2. The first kappa shape index (κ1) is 15.2. The van der Waals surface area contributed by atoms with E-state index in [0.717, 1.165) is 12.5 Å². The Morgan fingerprint density at radius 1 is 1.38 bits per heavy atom. The highest BCUT2D eigenvalue weighted by Crippen LogP contribution is 2.27. The van der Waals surface area contributed by atoms with Crippen LogP contribution in [0.2, 0.25) is 5.02 Å². The van der Waals surface area contributed by atoms with Crippen LogP contribution in [0, 0.1) is 10.1 Å². The molecule has 0 saturated carbocycles. The summed E-state index contributed by atoms with van der Waals surface area (Å²) < 4.78 is 0. The molecule has 1 fully saturated rings. The van der Waals surface area contributed by atoms with Crippen molar-refractivity contribution in [2.24, 2.45) is 0 Å². The van der Waals surface area contributed by atoms with Crippen molar-refractivity contribution in [3.8, 4) is 0 Å². The first-order valence-electron chi connectivity index (χ1n) is 6.39. The second kappa shape index (κ2) is 6.09. The molecular formula is C13H13ClN2O5. The van der Waals surface area contributed by atoms with E-state index >= 15 is 0 Å². The number of amides is 1. The number of aliphatic carboxylic acids is 1. The van der Waals surface area contributed by atoms with Gasteiger partial charge in [-0.1, -0.05) is 11.6 Å². The molecule has 1 N–H and O–H groups in total. The average molecular weight is 313 g/mol. The van der Waals surface area contributed by atoms with Gasteiger partial charge in [0.15, 0.2) is 0 Å². The summed E-state index contributed by atoms with van der Waals surface area (Å²) in [5, 5.41) is 20.0. The monoisotopic (exact) mass is 312 g/mol. The van der Waals surface area contributed by atoms with Gasteiger partial charge in [0.2, 0.25) is 0 Å². The summed E-state index contributed by atoms with van der Waals surface area (Å²) in [7, 11) is 0. The van der Waals surface area contributed by atoms with Gasteiger partial charge in [-0.25, -0.2) is 4.79 Å². The van der Waals surface area contributed by atoms with E-state index in [1.54, 1.807) is 0 Å². The van der Waals surface area contributed by atoms with Gasteiger partial charge in [-0.3, -0.25) is 14.9 Å². The highest BCUT2D eigenvalue weighted by molar-refractivity contribution is 6.32. The lowest BCUT2D eigenvalue weighted by Crippen LogP contribution is -2.47. The smallest absolute Gasteiger partial charge is 0.326 e. The second-order valence-corrected chi connectivity index (χ2v) is 5.18. The molecule has 0 spiro atoms. The number of hydrogen-bond donors (Lipinski definition) is 1. The fourth-order valence-corrected chi connectivity index (χ4v) is 2.57. The minimum absolute atomic E-state index is 0.0648. The zero-order valence-corrected chi connectivity index (χ0v) is 11.7. The molecule has 0 bridgehead atoms. The molecule has 1 saturated heterocycles. The fourth-order valence-electron chi connectivity index (χ4n) is 2.38. The van der Waals surface area contributed by atoms with Gasteiger partial charge < -0.3 is 10.0 Å². The third kappa shape index (κ3) is 3.13. The number of halogens is 1. The van der Waals surface area contributed by atoms with E-state index < -0.39 is 22.8 Å². The van der Waals surface area contributed by atoms with Crippen LogP contribution in [0.4, 0.5) is 5.69 Å². The van der Waals surface area contributed by atoms with Crippen LogP contribution in [0.1, 0.15) is 29.6 Å². The van der Waals surface area contributed by atoms with Crippen LogP contribution in [-0.2, 0) is 4.79 Å². The molecule has 1 amide bonds. The molecule has 7 nitrogen and oxygen atoms in total. The topological polar surface area (TPSA) is 101 Å². The van der Waals surface area contributed by atoms with Crippen LogP contribution in [0.5, 0.6) is 0 Å². The molecule has 1 aliphatic rings. The number of piperidine rings is 1. The predicted octanol–water partition coefficient (Wildman–Crippen LogP) is 2.33. The molecule has 1 aromatic carbocycles. The van der Waals surface area contributed by atoms with Crippen LogP contribution in [0.3, 0.4) is 0 Å². The molecule has 0 aliphatic carbocycles. The van der Waals surface area contributed by atoms with E-state index in [0.29, 0.717) is 19.4 Å². The van der Waals surface area contributed by atoms with Crippen molar-refractivity contribution in [3.63, 3.8) is 0 Å². The van der Waals surface area contributed by atoms with Gasteiger partial charge in [0.25, 0.3) is 11.6 Å². The van der Waals surface area contributed by atoms with Crippen molar-refractivity contribution in [2.75, 3.05) is 6.54 Å². The second-order valence-electron chi connectivity index (χ2n) is 4.77. The van der Waals surface area contributed by atoms with E-state index in [9.17, 15) is 19.7 Å². The van der Waals surface area contributed by atoms with Crippen molar-refractivity contribution in [2.45, 2.75) is 25.3 Å².